The van der Waals surface area contributed by atoms with Crippen LogP contribution in [0.1, 0.15) is 48.4 Å². The molecular weight excluding hydrogens is 508 g/mol. The van der Waals surface area contributed by atoms with Gasteiger partial charge in [-0.25, -0.2) is 26.3 Å². The van der Waals surface area contributed by atoms with E-state index in [-0.39, 0.29) is 11.1 Å². The van der Waals surface area contributed by atoms with Crippen molar-refractivity contribution in [3.63, 3.8) is 0 Å². The zero-order chi connectivity index (χ0) is 27.3. The van der Waals surface area contributed by atoms with Crippen molar-refractivity contribution in [3.05, 3.63) is 93.6 Å². The molecule has 196 valence electrons. The van der Waals surface area contributed by atoms with Crippen molar-refractivity contribution in [1.82, 2.24) is 0 Å². The summed E-state index contributed by atoms with van der Waals surface area (Å²) in [7, 11) is 1.05. The van der Waals surface area contributed by atoms with Crippen molar-refractivity contribution >= 4 is 0 Å². The zero-order valence-electron chi connectivity index (χ0n) is 19.6. The second kappa shape index (κ2) is 11.5. The highest BCUT2D eigenvalue weighted by molar-refractivity contribution is 5.53. The van der Waals surface area contributed by atoms with E-state index in [2.05, 4.69) is 16.6 Å². The van der Waals surface area contributed by atoms with Gasteiger partial charge in [0.25, 0.3) is 0 Å². The van der Waals surface area contributed by atoms with Gasteiger partial charge in [-0.3, -0.25) is 0 Å². The van der Waals surface area contributed by atoms with Gasteiger partial charge in [-0.2, -0.15) is 8.78 Å². The van der Waals surface area contributed by atoms with Gasteiger partial charge in [-0.15, -0.1) is 0 Å². The molecular formula is C27H20F8O2. The maximum Gasteiger partial charge on any atom is 0.432 e. The van der Waals surface area contributed by atoms with Crippen molar-refractivity contribution in [2.75, 3.05) is 7.11 Å². The summed E-state index contributed by atoms with van der Waals surface area (Å²) in [6.07, 6.45) is -1.93. The number of ether oxygens (including phenoxy) is 2. The average Bonchev–Trinajstić information content (AvgIpc) is 2.80. The number of alkyl halides is 2. The van der Waals surface area contributed by atoms with Gasteiger partial charge < -0.3 is 9.47 Å². The summed E-state index contributed by atoms with van der Waals surface area (Å²) in [5.74, 6) is -5.86. The molecule has 37 heavy (non-hydrogen) atoms. The van der Waals surface area contributed by atoms with Crippen LogP contribution in [0.5, 0.6) is 11.5 Å². The minimum absolute atomic E-state index is 0.208. The van der Waals surface area contributed by atoms with Gasteiger partial charge in [0.05, 0.1) is 7.11 Å². The first-order valence-corrected chi connectivity index (χ1v) is 11.1. The van der Waals surface area contributed by atoms with Crippen LogP contribution in [-0.4, -0.2) is 7.11 Å². The summed E-state index contributed by atoms with van der Waals surface area (Å²) < 4.78 is 122. The third kappa shape index (κ3) is 6.53. The van der Waals surface area contributed by atoms with Crippen molar-refractivity contribution in [2.45, 2.75) is 38.7 Å². The Morgan fingerprint density at radius 3 is 1.95 bits per heavy atom. The van der Waals surface area contributed by atoms with Gasteiger partial charge in [0.1, 0.15) is 40.1 Å². The fourth-order valence-electron chi connectivity index (χ4n) is 3.49. The van der Waals surface area contributed by atoms with Crippen LogP contribution in [0, 0.1) is 46.7 Å². The molecule has 0 aliphatic carbocycles. The predicted molar refractivity (Wildman–Crippen MR) is 119 cm³/mol. The van der Waals surface area contributed by atoms with Crippen LogP contribution in [0.2, 0.25) is 0 Å². The third-order valence-corrected chi connectivity index (χ3v) is 5.27. The summed E-state index contributed by atoms with van der Waals surface area (Å²) in [4.78, 5) is 0. The Bertz CT molecular complexity index is 1310. The molecule has 0 fully saturated rings. The second-order valence-corrected chi connectivity index (χ2v) is 8.00. The van der Waals surface area contributed by atoms with E-state index in [1.54, 1.807) is 0 Å². The highest BCUT2D eigenvalue weighted by Crippen LogP contribution is 2.38. The fraction of sp³-hybridized carbons (Fsp3) is 0.259. The Labute approximate surface area is 207 Å². The number of benzene rings is 3. The Morgan fingerprint density at radius 1 is 0.757 bits per heavy atom. The van der Waals surface area contributed by atoms with E-state index >= 15 is 0 Å². The van der Waals surface area contributed by atoms with Crippen molar-refractivity contribution < 1.29 is 44.6 Å². The highest BCUT2D eigenvalue weighted by atomic mass is 19.3. The summed E-state index contributed by atoms with van der Waals surface area (Å²) in [6.45, 7) is 1.94. The lowest BCUT2D eigenvalue weighted by molar-refractivity contribution is -0.189. The first-order chi connectivity index (χ1) is 17.5. The number of halogens is 8. The van der Waals surface area contributed by atoms with Gasteiger partial charge in [0.15, 0.2) is 17.5 Å². The van der Waals surface area contributed by atoms with Crippen molar-refractivity contribution in [1.29, 1.82) is 0 Å². The van der Waals surface area contributed by atoms with Crippen LogP contribution in [0.4, 0.5) is 35.1 Å². The van der Waals surface area contributed by atoms with Crippen LogP contribution in [0.15, 0.2) is 36.4 Å². The summed E-state index contributed by atoms with van der Waals surface area (Å²) >= 11 is 0. The average molecular weight is 528 g/mol. The molecule has 3 rings (SSSR count). The van der Waals surface area contributed by atoms with Crippen molar-refractivity contribution in [3.8, 4) is 23.3 Å². The van der Waals surface area contributed by atoms with E-state index in [1.807, 2.05) is 6.92 Å². The minimum Gasteiger partial charge on any atom is -0.495 e. The predicted octanol–water partition coefficient (Wildman–Crippen LogP) is 7.79. The Balaban J connectivity index is 1.91. The molecule has 0 bridgehead atoms. The smallest absolute Gasteiger partial charge is 0.432 e. The molecule has 0 saturated carbocycles. The Hall–Kier alpha value is -3.74. The number of aryl methyl sites for hydroxylation is 1. The molecule has 0 aliphatic heterocycles. The maximum atomic E-state index is 14.8. The molecule has 0 amide bonds. The first kappa shape index (κ1) is 27.8. The molecule has 3 aromatic rings. The highest BCUT2D eigenvalue weighted by Gasteiger charge is 2.41. The molecule has 0 heterocycles. The summed E-state index contributed by atoms with van der Waals surface area (Å²) in [6, 6.07) is 4.01. The molecule has 10 heteroatoms. The van der Waals surface area contributed by atoms with E-state index in [4.69, 9.17) is 4.74 Å². The van der Waals surface area contributed by atoms with Crippen LogP contribution < -0.4 is 9.47 Å². The number of rotatable bonds is 8. The lowest BCUT2D eigenvalue weighted by atomic mass is 10.0. The Morgan fingerprint density at radius 2 is 1.38 bits per heavy atom. The first-order valence-electron chi connectivity index (χ1n) is 11.1. The van der Waals surface area contributed by atoms with Crippen LogP contribution in [0.3, 0.4) is 0 Å². The van der Waals surface area contributed by atoms with Gasteiger partial charge in [0.2, 0.25) is 0 Å². The quantitative estimate of drug-likeness (QED) is 0.129. The van der Waals surface area contributed by atoms with Gasteiger partial charge in [0, 0.05) is 17.7 Å². The molecule has 3 aromatic carbocycles. The molecule has 2 nitrogen and oxygen atoms in total. The van der Waals surface area contributed by atoms with Crippen LogP contribution in [0.25, 0.3) is 0 Å². The van der Waals surface area contributed by atoms with Crippen LogP contribution in [-0.2, 0) is 12.5 Å². The molecule has 0 aliphatic rings. The minimum atomic E-state index is -4.52. The maximum absolute atomic E-state index is 14.8. The second-order valence-electron chi connectivity index (χ2n) is 8.00. The number of unbranched alkanes of at least 4 members (excludes halogenated alkanes) is 2. The zero-order valence-corrected chi connectivity index (χ0v) is 19.6. The molecule has 0 saturated heterocycles. The largest absolute Gasteiger partial charge is 0.495 e. The van der Waals surface area contributed by atoms with Gasteiger partial charge in [-0.05, 0) is 42.7 Å². The molecule has 0 unspecified atom stereocenters. The Kier molecular flexibility index (Phi) is 8.69. The lowest BCUT2D eigenvalue weighted by Crippen LogP contribution is -2.25. The van der Waals surface area contributed by atoms with Crippen molar-refractivity contribution in [2.24, 2.45) is 0 Å². The summed E-state index contributed by atoms with van der Waals surface area (Å²) in [5, 5.41) is 0. The van der Waals surface area contributed by atoms with Gasteiger partial charge >= 0.3 is 6.11 Å². The molecule has 0 atom stereocenters. The topological polar surface area (TPSA) is 18.5 Å². The normalized spacial score (nSPS) is 11.2. The van der Waals surface area contributed by atoms with E-state index in [9.17, 15) is 35.1 Å². The van der Waals surface area contributed by atoms with E-state index in [0.29, 0.717) is 31.0 Å². The SMILES string of the molecule is CCCCCc1cc(F)c(C(F)(F)Oc2cc(F)c(C#Cc3cc(F)c(F)c(F)c3)c(OC)c2)c(F)c1. The number of hydrogen-bond donors (Lipinski definition) is 0. The van der Waals surface area contributed by atoms with E-state index in [1.165, 1.54) is 0 Å². The molecule has 0 aromatic heterocycles. The molecule has 0 N–H and O–H groups in total. The third-order valence-electron chi connectivity index (χ3n) is 5.27. The van der Waals surface area contributed by atoms with E-state index in [0.717, 1.165) is 38.2 Å². The number of methoxy groups -OCH3 is 1. The van der Waals surface area contributed by atoms with Gasteiger partial charge in [-0.1, -0.05) is 31.6 Å². The lowest BCUT2D eigenvalue weighted by Gasteiger charge is -2.20. The standard InChI is InChI=1S/C27H20F8O2/c1-3-4-5-6-15-9-20(29)25(21(30)10-15)27(34,35)37-17-13-19(28)18(24(14-17)36-2)8-7-16-11-22(31)26(33)23(32)12-16/h9-14H,3-6H2,1-2H3. The van der Waals surface area contributed by atoms with Crippen LogP contribution >= 0.6 is 0 Å². The molecule has 0 radical (unpaired) electrons. The monoisotopic (exact) mass is 528 g/mol. The summed E-state index contributed by atoms with van der Waals surface area (Å²) in [5.41, 5.74) is -2.28. The van der Waals surface area contributed by atoms with E-state index < -0.39 is 63.6 Å². The number of hydrogen-bond acceptors (Lipinski definition) is 2. The fourth-order valence-corrected chi connectivity index (χ4v) is 3.49. The molecule has 0 spiro atoms.